The number of pyridine rings is 1. The summed E-state index contributed by atoms with van der Waals surface area (Å²) in [5.41, 5.74) is 7.26. The van der Waals surface area contributed by atoms with E-state index in [-0.39, 0.29) is 5.82 Å². The molecule has 0 radical (unpaired) electrons. The van der Waals surface area contributed by atoms with Gasteiger partial charge in [-0.05, 0) is 29.8 Å². The van der Waals surface area contributed by atoms with Gasteiger partial charge in [-0.15, -0.1) is 0 Å². The highest BCUT2D eigenvalue weighted by Crippen LogP contribution is 2.19. The summed E-state index contributed by atoms with van der Waals surface area (Å²) < 4.78 is 13.9. The van der Waals surface area contributed by atoms with Crippen LogP contribution in [0.2, 0.25) is 0 Å². The standard InChI is InChI=1S/C12H11BrFN3/c13-11-2-1-9(14)5-8(11)7-17-10-3-4-16-12(15)6-10/h1-6H,7H2,(H3,15,16,17). The van der Waals surface area contributed by atoms with Crippen LogP contribution in [-0.2, 0) is 6.54 Å². The summed E-state index contributed by atoms with van der Waals surface area (Å²) in [6, 6.07) is 8.13. The number of rotatable bonds is 3. The van der Waals surface area contributed by atoms with E-state index < -0.39 is 0 Å². The van der Waals surface area contributed by atoms with E-state index in [1.165, 1.54) is 12.1 Å². The lowest BCUT2D eigenvalue weighted by Crippen LogP contribution is -2.01. The van der Waals surface area contributed by atoms with E-state index in [1.54, 1.807) is 18.3 Å². The Bertz CT molecular complexity index is 531. The van der Waals surface area contributed by atoms with E-state index in [4.69, 9.17) is 5.73 Å². The van der Waals surface area contributed by atoms with E-state index in [0.29, 0.717) is 12.4 Å². The van der Waals surface area contributed by atoms with Crippen molar-refractivity contribution in [3.05, 3.63) is 52.4 Å². The Morgan fingerprint density at radius 3 is 2.88 bits per heavy atom. The molecule has 2 aromatic rings. The van der Waals surface area contributed by atoms with Crippen LogP contribution in [0.4, 0.5) is 15.9 Å². The second kappa shape index (κ2) is 5.14. The number of anilines is 2. The zero-order valence-electron chi connectivity index (χ0n) is 8.95. The lowest BCUT2D eigenvalue weighted by molar-refractivity contribution is 0.625. The summed E-state index contributed by atoms with van der Waals surface area (Å²) in [5.74, 6) is 0.201. The van der Waals surface area contributed by atoms with Crippen molar-refractivity contribution < 1.29 is 4.39 Å². The fourth-order valence-corrected chi connectivity index (χ4v) is 1.82. The molecular weight excluding hydrogens is 285 g/mol. The molecule has 3 N–H and O–H groups in total. The molecule has 0 unspecified atom stereocenters. The first-order valence-electron chi connectivity index (χ1n) is 5.04. The van der Waals surface area contributed by atoms with Crippen LogP contribution in [0.1, 0.15) is 5.56 Å². The third-order valence-electron chi connectivity index (χ3n) is 2.27. The average molecular weight is 296 g/mol. The van der Waals surface area contributed by atoms with Crippen molar-refractivity contribution >= 4 is 27.4 Å². The van der Waals surface area contributed by atoms with Crippen LogP contribution in [0.5, 0.6) is 0 Å². The van der Waals surface area contributed by atoms with E-state index in [9.17, 15) is 4.39 Å². The van der Waals surface area contributed by atoms with Gasteiger partial charge in [-0.1, -0.05) is 15.9 Å². The van der Waals surface area contributed by atoms with Crippen LogP contribution in [0.25, 0.3) is 0 Å². The van der Waals surface area contributed by atoms with Gasteiger partial charge in [-0.3, -0.25) is 0 Å². The highest BCUT2D eigenvalue weighted by atomic mass is 79.9. The molecule has 0 aliphatic carbocycles. The smallest absolute Gasteiger partial charge is 0.125 e. The van der Waals surface area contributed by atoms with Crippen molar-refractivity contribution in [2.75, 3.05) is 11.1 Å². The Morgan fingerprint density at radius 1 is 1.29 bits per heavy atom. The number of nitrogens with one attached hydrogen (secondary N) is 1. The third-order valence-corrected chi connectivity index (χ3v) is 3.05. The van der Waals surface area contributed by atoms with Gasteiger partial charge in [-0.25, -0.2) is 9.37 Å². The Morgan fingerprint density at radius 2 is 2.12 bits per heavy atom. The van der Waals surface area contributed by atoms with Gasteiger partial charge in [0.1, 0.15) is 11.6 Å². The maximum atomic E-state index is 13.1. The average Bonchev–Trinajstić information content (AvgIpc) is 2.30. The molecule has 0 aliphatic rings. The fourth-order valence-electron chi connectivity index (χ4n) is 1.43. The monoisotopic (exact) mass is 295 g/mol. The molecule has 17 heavy (non-hydrogen) atoms. The summed E-state index contributed by atoms with van der Waals surface area (Å²) in [7, 11) is 0. The topological polar surface area (TPSA) is 50.9 Å². The molecule has 0 spiro atoms. The summed E-state index contributed by atoms with van der Waals surface area (Å²) in [6.45, 7) is 0.516. The second-order valence-electron chi connectivity index (χ2n) is 3.56. The lowest BCUT2D eigenvalue weighted by atomic mass is 10.2. The highest BCUT2D eigenvalue weighted by molar-refractivity contribution is 9.10. The van der Waals surface area contributed by atoms with Crippen molar-refractivity contribution in [3.8, 4) is 0 Å². The molecule has 2 rings (SSSR count). The Hall–Kier alpha value is -1.62. The number of nitrogens with two attached hydrogens (primary N) is 1. The predicted octanol–water partition coefficient (Wildman–Crippen LogP) is 3.18. The third kappa shape index (κ3) is 3.17. The molecule has 88 valence electrons. The normalized spacial score (nSPS) is 10.2. The summed E-state index contributed by atoms with van der Waals surface area (Å²) >= 11 is 3.37. The van der Waals surface area contributed by atoms with Gasteiger partial charge in [0.25, 0.3) is 0 Å². The van der Waals surface area contributed by atoms with Gasteiger partial charge < -0.3 is 11.1 Å². The molecule has 1 heterocycles. The molecule has 0 saturated carbocycles. The lowest BCUT2D eigenvalue weighted by Gasteiger charge is -2.08. The molecule has 0 saturated heterocycles. The van der Waals surface area contributed by atoms with Crippen LogP contribution < -0.4 is 11.1 Å². The second-order valence-corrected chi connectivity index (χ2v) is 4.41. The van der Waals surface area contributed by atoms with Crippen molar-refractivity contribution in [3.63, 3.8) is 0 Å². The van der Waals surface area contributed by atoms with E-state index >= 15 is 0 Å². The van der Waals surface area contributed by atoms with Gasteiger partial charge in [0.15, 0.2) is 0 Å². The van der Waals surface area contributed by atoms with Crippen molar-refractivity contribution in [1.29, 1.82) is 0 Å². The van der Waals surface area contributed by atoms with Gasteiger partial charge in [0.05, 0.1) is 0 Å². The molecular formula is C12H11BrFN3. The molecule has 1 aromatic carbocycles. The maximum absolute atomic E-state index is 13.1. The van der Waals surface area contributed by atoms with E-state index in [1.807, 2.05) is 6.07 Å². The zero-order chi connectivity index (χ0) is 12.3. The number of hydrogen-bond donors (Lipinski definition) is 2. The van der Waals surface area contributed by atoms with Crippen LogP contribution in [0, 0.1) is 5.82 Å². The predicted molar refractivity (Wildman–Crippen MR) is 70.1 cm³/mol. The van der Waals surface area contributed by atoms with Gasteiger partial charge in [0, 0.05) is 29.0 Å². The van der Waals surface area contributed by atoms with Gasteiger partial charge >= 0.3 is 0 Å². The minimum atomic E-state index is -0.251. The maximum Gasteiger partial charge on any atom is 0.125 e. The van der Waals surface area contributed by atoms with Crippen molar-refractivity contribution in [2.24, 2.45) is 0 Å². The SMILES string of the molecule is Nc1cc(NCc2cc(F)ccc2Br)ccn1. The Balaban J connectivity index is 2.09. The zero-order valence-corrected chi connectivity index (χ0v) is 10.5. The minimum Gasteiger partial charge on any atom is -0.384 e. The first kappa shape index (κ1) is 11.9. The first-order valence-corrected chi connectivity index (χ1v) is 5.84. The number of nitrogens with zero attached hydrogens (tertiary/aromatic N) is 1. The Kier molecular flexibility index (Phi) is 3.58. The quantitative estimate of drug-likeness (QED) is 0.914. The number of benzene rings is 1. The van der Waals surface area contributed by atoms with Crippen LogP contribution in [0.15, 0.2) is 41.0 Å². The minimum absolute atomic E-state index is 0.251. The highest BCUT2D eigenvalue weighted by Gasteiger charge is 2.02. The van der Waals surface area contributed by atoms with Crippen LogP contribution in [-0.4, -0.2) is 4.98 Å². The summed E-state index contributed by atoms with van der Waals surface area (Å²) in [6.07, 6.45) is 1.62. The first-order chi connectivity index (χ1) is 8.15. The van der Waals surface area contributed by atoms with Crippen LogP contribution in [0.3, 0.4) is 0 Å². The molecule has 3 nitrogen and oxygen atoms in total. The van der Waals surface area contributed by atoms with Gasteiger partial charge in [-0.2, -0.15) is 0 Å². The number of halogens is 2. The summed E-state index contributed by atoms with van der Waals surface area (Å²) in [5, 5.41) is 3.15. The number of aromatic nitrogens is 1. The van der Waals surface area contributed by atoms with Gasteiger partial charge in [0.2, 0.25) is 0 Å². The van der Waals surface area contributed by atoms with Crippen molar-refractivity contribution in [1.82, 2.24) is 4.98 Å². The molecule has 0 bridgehead atoms. The number of hydrogen-bond acceptors (Lipinski definition) is 3. The molecule has 0 fully saturated rings. The number of nitrogen functional groups attached to an aromatic ring is 1. The van der Waals surface area contributed by atoms with E-state index in [0.717, 1.165) is 15.7 Å². The molecule has 0 atom stereocenters. The molecule has 0 aliphatic heterocycles. The van der Waals surface area contributed by atoms with Crippen LogP contribution >= 0.6 is 15.9 Å². The van der Waals surface area contributed by atoms with Crippen molar-refractivity contribution in [2.45, 2.75) is 6.54 Å². The molecule has 1 aromatic heterocycles. The largest absolute Gasteiger partial charge is 0.384 e. The summed E-state index contributed by atoms with van der Waals surface area (Å²) in [4.78, 5) is 3.90. The fraction of sp³-hybridized carbons (Fsp3) is 0.0833. The van der Waals surface area contributed by atoms with E-state index in [2.05, 4.69) is 26.2 Å². The molecule has 5 heteroatoms. The molecule has 0 amide bonds. The Labute approximate surface area is 107 Å².